The van der Waals surface area contributed by atoms with Crippen molar-refractivity contribution >= 4 is 48.7 Å². The smallest absolute Gasteiger partial charge is 0.336 e. The standard InChI is InChI=1S/C54H64N6O10S2/c1-9-59(10-2)38-23-26-41-44(31-38)69-45-32-39(60(11-3)12-4)24-27-42(45)50(41)43-28-25-40(33-46(43)72(65,66)67)71(63,64)56-30-20-15-14-19-29-55-53(61)47-34(6)57-35(7)48(54(62)68-13-5)51(47)49-36(8)70-58-52(49)37-21-17-16-18-22-37/h16-18,21-28,31-33,51,56H,9-15,19-20,29-30H2,1-8H3,(H2-,55,57,61,62,65,66,67). The quantitative estimate of drug-likeness (QED) is 0.0204. The maximum Gasteiger partial charge on any atom is 0.336 e. The van der Waals surface area contributed by atoms with Crippen LogP contribution in [0.25, 0.3) is 44.7 Å². The summed E-state index contributed by atoms with van der Waals surface area (Å²) < 4.78 is 89.2. The Morgan fingerprint density at radius 2 is 1.49 bits per heavy atom. The minimum absolute atomic E-state index is 0.0404. The molecule has 0 radical (unpaired) electrons. The Kier molecular flexibility index (Phi) is 16.9. The van der Waals surface area contributed by atoms with Gasteiger partial charge in [-0.1, -0.05) is 54.4 Å². The summed E-state index contributed by atoms with van der Waals surface area (Å²) in [5.74, 6) is -0.850. The van der Waals surface area contributed by atoms with Crippen LogP contribution in [0.1, 0.15) is 91.4 Å². The molecule has 1 aromatic heterocycles. The van der Waals surface area contributed by atoms with Crippen molar-refractivity contribution < 1.29 is 44.7 Å². The van der Waals surface area contributed by atoms with E-state index in [9.17, 15) is 31.0 Å². The number of fused-ring (bicyclic) bond motifs is 2. The fourth-order valence-electron chi connectivity index (χ4n) is 9.59. The summed E-state index contributed by atoms with van der Waals surface area (Å²) >= 11 is 0. The molecule has 0 fully saturated rings. The fraction of sp³-hybridized carbons (Fsp3) is 0.370. The van der Waals surface area contributed by atoms with Crippen LogP contribution in [0.4, 0.5) is 5.69 Å². The van der Waals surface area contributed by atoms with Gasteiger partial charge in [-0.25, -0.2) is 30.9 Å². The number of aromatic nitrogens is 1. The molecular weight excluding hydrogens is 957 g/mol. The third kappa shape index (κ3) is 11.2. The second-order valence-electron chi connectivity index (χ2n) is 17.6. The maximum atomic E-state index is 14.1. The van der Waals surface area contributed by atoms with Gasteiger partial charge in [-0.2, -0.15) is 0 Å². The van der Waals surface area contributed by atoms with Crippen molar-refractivity contribution in [3.05, 3.63) is 124 Å². The first-order chi connectivity index (χ1) is 34.5. The number of nitrogens with zero attached hydrogens (tertiary/aromatic N) is 3. The molecule has 382 valence electrons. The van der Waals surface area contributed by atoms with Crippen molar-refractivity contribution in [1.29, 1.82) is 0 Å². The third-order valence-corrected chi connectivity index (χ3v) is 15.5. The number of amides is 1. The molecule has 1 aliphatic carbocycles. The second kappa shape index (κ2) is 22.9. The summed E-state index contributed by atoms with van der Waals surface area (Å²) in [6.07, 6.45) is 2.25. The number of hydrogen-bond donors (Lipinski definition) is 3. The van der Waals surface area contributed by atoms with Crippen LogP contribution >= 0.6 is 0 Å². The number of ether oxygens (including phenoxy) is 1. The lowest BCUT2D eigenvalue weighted by Crippen LogP contribution is -2.37. The summed E-state index contributed by atoms with van der Waals surface area (Å²) in [6.45, 7) is 18.7. The van der Waals surface area contributed by atoms with E-state index in [1.807, 2.05) is 94.4 Å². The van der Waals surface area contributed by atoms with Gasteiger partial charge in [-0.15, -0.1) is 0 Å². The molecule has 1 atom stereocenters. The molecular formula is C54H64N6O10S2. The highest BCUT2D eigenvalue weighted by Gasteiger charge is 2.41. The van der Waals surface area contributed by atoms with Gasteiger partial charge in [0.1, 0.15) is 46.0 Å². The van der Waals surface area contributed by atoms with E-state index < -0.39 is 36.9 Å². The van der Waals surface area contributed by atoms with E-state index in [4.69, 9.17) is 13.7 Å². The number of hydrogen-bond acceptors (Lipinski definition) is 13. The maximum absolute atomic E-state index is 14.1. The normalized spacial score (nSPS) is 14.2. The number of benzene rings is 4. The minimum atomic E-state index is -5.21. The Morgan fingerprint density at radius 3 is 2.15 bits per heavy atom. The molecule has 0 bridgehead atoms. The minimum Gasteiger partial charge on any atom is -0.744 e. The molecule has 0 saturated carbocycles. The lowest BCUT2D eigenvalue weighted by molar-refractivity contribution is -0.138. The lowest BCUT2D eigenvalue weighted by Gasteiger charge is -2.31. The van der Waals surface area contributed by atoms with E-state index in [1.165, 1.54) is 12.1 Å². The number of anilines is 1. The van der Waals surface area contributed by atoms with Crippen LogP contribution in [-0.4, -0.2) is 84.3 Å². The number of aryl methyl sites for hydroxylation is 1. The van der Waals surface area contributed by atoms with E-state index in [0.29, 0.717) is 94.1 Å². The van der Waals surface area contributed by atoms with Crippen LogP contribution in [0.2, 0.25) is 0 Å². The van der Waals surface area contributed by atoms with E-state index in [1.54, 1.807) is 27.7 Å². The number of esters is 1. The van der Waals surface area contributed by atoms with Gasteiger partial charge < -0.3 is 33.8 Å². The number of carbonyl (C=O) groups is 2. The highest BCUT2D eigenvalue weighted by Crippen LogP contribution is 2.45. The molecule has 0 saturated heterocycles. The van der Waals surface area contributed by atoms with Crippen LogP contribution < -0.4 is 30.2 Å². The van der Waals surface area contributed by atoms with Gasteiger partial charge >= 0.3 is 5.97 Å². The van der Waals surface area contributed by atoms with Gasteiger partial charge in [-0.05, 0) is 98.6 Å². The molecule has 3 heterocycles. The number of allylic oxidation sites excluding steroid dienone is 2. The molecule has 72 heavy (non-hydrogen) atoms. The first kappa shape index (κ1) is 53.2. The molecule has 1 unspecified atom stereocenters. The van der Waals surface area contributed by atoms with Gasteiger partial charge in [0, 0.05) is 94.2 Å². The first-order valence-electron chi connectivity index (χ1n) is 24.6. The SMILES string of the molecule is CCOC(=O)C1=C(C)NC(C)=C(C(=O)NCCCCCCNS(=O)(=O)c2ccc(-c3c4ccc(=[N+](CC)CC)cc-4oc4cc(N(CC)CC)ccc34)c(S(=O)(=O)[O-])c2)C1c1c(-c2ccccc2)noc1C. The molecule has 3 N–H and O–H groups in total. The summed E-state index contributed by atoms with van der Waals surface area (Å²) in [5, 5.41) is 12.0. The van der Waals surface area contributed by atoms with Crippen LogP contribution in [-0.2, 0) is 34.5 Å². The zero-order valence-electron chi connectivity index (χ0n) is 42.2. The monoisotopic (exact) mass is 1020 g/mol. The fourth-order valence-corrected chi connectivity index (χ4v) is 11.5. The summed E-state index contributed by atoms with van der Waals surface area (Å²) in [6, 6.07) is 24.3. The summed E-state index contributed by atoms with van der Waals surface area (Å²) in [7, 11) is -9.47. The number of sulfonamides is 1. The number of unbranched alkanes of at least 4 members (excludes halogenated alkanes) is 3. The van der Waals surface area contributed by atoms with Crippen molar-refractivity contribution in [2.75, 3.05) is 50.8 Å². The molecule has 4 aromatic rings. The first-order valence-corrected chi connectivity index (χ1v) is 27.5. The molecule has 3 aliphatic rings. The Hall–Kier alpha value is -6.60. The van der Waals surface area contributed by atoms with Gasteiger partial charge in [-0.3, -0.25) is 4.79 Å². The molecule has 16 nitrogen and oxygen atoms in total. The Balaban J connectivity index is 1.05. The van der Waals surface area contributed by atoms with Crippen LogP contribution in [0.3, 0.4) is 0 Å². The molecule has 1 amide bonds. The number of dihydropyridines is 1. The molecule has 18 heteroatoms. The van der Waals surface area contributed by atoms with Crippen molar-refractivity contribution in [3.63, 3.8) is 0 Å². The number of rotatable bonds is 21. The Labute approximate surface area is 422 Å². The average Bonchev–Trinajstić information content (AvgIpc) is 3.74. The van der Waals surface area contributed by atoms with E-state index >= 15 is 0 Å². The Bertz CT molecular complexity index is 3310. The van der Waals surface area contributed by atoms with Crippen molar-refractivity contribution in [1.82, 2.24) is 25.1 Å². The van der Waals surface area contributed by atoms with Crippen molar-refractivity contribution in [2.45, 2.75) is 96.8 Å². The zero-order valence-corrected chi connectivity index (χ0v) is 43.8. The number of carbonyl (C=O) groups excluding carboxylic acids is 2. The summed E-state index contributed by atoms with van der Waals surface area (Å²) in [4.78, 5) is 28.8. The Morgan fingerprint density at radius 1 is 0.806 bits per heavy atom. The molecule has 2 aliphatic heterocycles. The zero-order chi connectivity index (χ0) is 51.9. The van der Waals surface area contributed by atoms with Gasteiger partial charge in [0.05, 0.1) is 34.0 Å². The summed E-state index contributed by atoms with van der Waals surface area (Å²) in [5.41, 5.74) is 6.03. The van der Waals surface area contributed by atoms with Gasteiger partial charge in [0.25, 0.3) is 0 Å². The van der Waals surface area contributed by atoms with E-state index in [0.717, 1.165) is 48.9 Å². The van der Waals surface area contributed by atoms with Crippen LogP contribution in [0.5, 0.6) is 0 Å². The predicted molar refractivity (Wildman–Crippen MR) is 277 cm³/mol. The largest absolute Gasteiger partial charge is 0.744 e. The van der Waals surface area contributed by atoms with Crippen molar-refractivity contribution in [2.24, 2.45) is 0 Å². The topological polar surface area (TPSA) is 216 Å². The molecule has 7 rings (SSSR count). The average molecular weight is 1020 g/mol. The highest BCUT2D eigenvalue weighted by molar-refractivity contribution is 7.89. The predicted octanol–water partition coefficient (Wildman–Crippen LogP) is 8.18. The highest BCUT2D eigenvalue weighted by atomic mass is 32.2. The van der Waals surface area contributed by atoms with E-state index in [-0.39, 0.29) is 35.1 Å². The molecule has 0 spiro atoms. The van der Waals surface area contributed by atoms with Gasteiger partial charge in [0.2, 0.25) is 21.3 Å². The molecule has 3 aromatic carbocycles. The van der Waals surface area contributed by atoms with Gasteiger partial charge in [0.15, 0.2) is 0 Å². The van der Waals surface area contributed by atoms with Crippen LogP contribution in [0.15, 0.2) is 126 Å². The second-order valence-corrected chi connectivity index (χ2v) is 20.7. The number of nitrogens with one attached hydrogen (secondary N) is 3. The van der Waals surface area contributed by atoms with E-state index in [2.05, 4.69) is 30.0 Å². The van der Waals surface area contributed by atoms with Crippen molar-refractivity contribution in [3.8, 4) is 33.7 Å². The lowest BCUT2D eigenvalue weighted by atomic mass is 9.78. The third-order valence-electron chi connectivity index (χ3n) is 13.2. The van der Waals surface area contributed by atoms with Crippen LogP contribution in [0, 0.1) is 6.92 Å².